The van der Waals surface area contributed by atoms with Gasteiger partial charge in [0.25, 0.3) is 0 Å². The van der Waals surface area contributed by atoms with Crippen molar-refractivity contribution in [1.82, 2.24) is 9.97 Å². The van der Waals surface area contributed by atoms with E-state index in [0.29, 0.717) is 43.1 Å². The van der Waals surface area contributed by atoms with Gasteiger partial charge in [0.2, 0.25) is 0 Å². The van der Waals surface area contributed by atoms with Gasteiger partial charge in [-0.15, -0.1) is 0 Å². The molecule has 0 saturated heterocycles. The maximum Gasteiger partial charge on any atom is 0.170 e. The highest BCUT2D eigenvalue weighted by atomic mass is 19.2. The Morgan fingerprint density at radius 1 is 1.12 bits per heavy atom. The Bertz CT molecular complexity index is 921. The molecule has 1 aliphatic carbocycles. The standard InChI is InChI=1S/C19H15F2N3O/c20-15-9-12-6-8-24(11-13(12)10-16(15)21)18-5-7-22-19(23-18)14-3-1-2-4-17(14)25/h1-3,5,7,9-10H,4,6,8,11H2. The molecule has 4 nitrogen and oxygen atoms in total. The van der Waals surface area contributed by atoms with Gasteiger partial charge in [-0.3, -0.25) is 4.79 Å². The van der Waals surface area contributed by atoms with Gasteiger partial charge in [-0.25, -0.2) is 18.7 Å². The first-order valence-corrected chi connectivity index (χ1v) is 8.07. The van der Waals surface area contributed by atoms with Gasteiger partial charge in [0.05, 0.1) is 5.57 Å². The predicted octanol–water partition coefficient (Wildman–Crippen LogP) is 3.23. The zero-order valence-corrected chi connectivity index (χ0v) is 13.4. The van der Waals surface area contributed by atoms with Crippen LogP contribution < -0.4 is 4.90 Å². The van der Waals surface area contributed by atoms with Crippen LogP contribution in [0.25, 0.3) is 5.57 Å². The highest BCUT2D eigenvalue weighted by Gasteiger charge is 2.22. The van der Waals surface area contributed by atoms with E-state index in [4.69, 9.17) is 0 Å². The lowest BCUT2D eigenvalue weighted by atomic mass is 9.99. The first kappa shape index (κ1) is 15.6. The topological polar surface area (TPSA) is 46.1 Å². The van der Waals surface area contributed by atoms with Crippen LogP contribution in [0.3, 0.4) is 0 Å². The summed E-state index contributed by atoms with van der Waals surface area (Å²) in [6, 6.07) is 4.28. The Balaban J connectivity index is 1.64. The minimum absolute atomic E-state index is 0.0128. The zero-order chi connectivity index (χ0) is 17.4. The average molecular weight is 339 g/mol. The number of hydrogen-bond acceptors (Lipinski definition) is 4. The number of allylic oxidation sites excluding steroid dienone is 4. The van der Waals surface area contributed by atoms with Crippen molar-refractivity contribution >= 4 is 17.2 Å². The van der Waals surface area contributed by atoms with E-state index in [1.807, 2.05) is 11.0 Å². The normalized spacial score (nSPS) is 16.6. The minimum atomic E-state index is -0.839. The molecule has 4 rings (SSSR count). The quantitative estimate of drug-likeness (QED) is 0.843. The molecule has 126 valence electrons. The van der Waals surface area contributed by atoms with E-state index in [1.165, 1.54) is 12.1 Å². The molecule has 6 heteroatoms. The molecular weight excluding hydrogens is 324 g/mol. The monoisotopic (exact) mass is 339 g/mol. The number of benzene rings is 1. The van der Waals surface area contributed by atoms with Crippen LogP contribution in [0.5, 0.6) is 0 Å². The van der Waals surface area contributed by atoms with Crippen LogP contribution in [-0.2, 0) is 17.8 Å². The molecule has 0 bridgehead atoms. The lowest BCUT2D eigenvalue weighted by Gasteiger charge is -2.30. The Labute approximate surface area is 143 Å². The number of nitrogens with zero attached hydrogens (tertiary/aromatic N) is 3. The summed E-state index contributed by atoms with van der Waals surface area (Å²) in [5.74, 6) is -0.603. The summed E-state index contributed by atoms with van der Waals surface area (Å²) in [7, 11) is 0. The third kappa shape index (κ3) is 2.95. The van der Waals surface area contributed by atoms with E-state index in [9.17, 15) is 13.6 Å². The van der Waals surface area contributed by atoms with Crippen molar-refractivity contribution < 1.29 is 13.6 Å². The van der Waals surface area contributed by atoms with Gasteiger partial charge in [0.15, 0.2) is 23.2 Å². The number of ketones is 1. The molecule has 2 aromatic rings. The molecule has 25 heavy (non-hydrogen) atoms. The number of Topliss-reactive ketones (excluding diaryl/α,β-unsaturated/α-hetero) is 1. The molecule has 0 atom stereocenters. The number of carbonyl (C=O) groups is 1. The largest absolute Gasteiger partial charge is 0.352 e. The fraction of sp³-hybridized carbons (Fsp3) is 0.211. The molecule has 0 spiro atoms. The lowest BCUT2D eigenvalue weighted by Crippen LogP contribution is -2.31. The third-order valence-electron chi connectivity index (χ3n) is 4.46. The average Bonchev–Trinajstić information content (AvgIpc) is 2.63. The Morgan fingerprint density at radius 3 is 2.72 bits per heavy atom. The van der Waals surface area contributed by atoms with Crippen LogP contribution in [0.2, 0.25) is 0 Å². The number of rotatable bonds is 2. The van der Waals surface area contributed by atoms with Gasteiger partial charge >= 0.3 is 0 Å². The SMILES string of the molecule is O=C1CC=CC=C1c1nccc(N2CCc3cc(F)c(F)cc3C2)n1. The highest BCUT2D eigenvalue weighted by Crippen LogP contribution is 2.26. The molecule has 1 aliphatic heterocycles. The minimum Gasteiger partial charge on any atom is -0.352 e. The smallest absolute Gasteiger partial charge is 0.170 e. The van der Waals surface area contributed by atoms with E-state index in [-0.39, 0.29) is 5.78 Å². The van der Waals surface area contributed by atoms with Crippen LogP contribution >= 0.6 is 0 Å². The van der Waals surface area contributed by atoms with E-state index in [0.717, 1.165) is 11.1 Å². The zero-order valence-electron chi connectivity index (χ0n) is 13.4. The Morgan fingerprint density at radius 2 is 1.92 bits per heavy atom. The number of hydrogen-bond donors (Lipinski definition) is 0. The fourth-order valence-electron chi connectivity index (χ4n) is 3.14. The van der Waals surface area contributed by atoms with Gasteiger partial charge in [-0.05, 0) is 41.8 Å². The molecule has 0 unspecified atom stereocenters. The van der Waals surface area contributed by atoms with Crippen LogP contribution in [0, 0.1) is 11.6 Å². The molecule has 0 amide bonds. The lowest BCUT2D eigenvalue weighted by molar-refractivity contribution is -0.113. The van der Waals surface area contributed by atoms with Gasteiger partial charge in [-0.1, -0.05) is 12.2 Å². The first-order valence-electron chi connectivity index (χ1n) is 8.07. The van der Waals surface area contributed by atoms with Crippen molar-refractivity contribution in [3.8, 4) is 0 Å². The van der Waals surface area contributed by atoms with Crippen molar-refractivity contribution in [2.45, 2.75) is 19.4 Å². The summed E-state index contributed by atoms with van der Waals surface area (Å²) < 4.78 is 26.9. The first-order chi connectivity index (χ1) is 12.1. The van der Waals surface area contributed by atoms with Crippen LogP contribution in [0.1, 0.15) is 23.4 Å². The van der Waals surface area contributed by atoms with Crippen molar-refractivity contribution in [1.29, 1.82) is 0 Å². The second-order valence-electron chi connectivity index (χ2n) is 6.08. The predicted molar refractivity (Wildman–Crippen MR) is 89.9 cm³/mol. The van der Waals surface area contributed by atoms with Gasteiger partial charge in [0, 0.05) is 25.7 Å². The maximum atomic E-state index is 13.5. The van der Waals surface area contributed by atoms with Gasteiger partial charge in [0.1, 0.15) is 5.82 Å². The van der Waals surface area contributed by atoms with Crippen molar-refractivity contribution in [3.05, 3.63) is 71.2 Å². The summed E-state index contributed by atoms with van der Waals surface area (Å²) in [6.45, 7) is 1.08. The van der Waals surface area contributed by atoms with E-state index >= 15 is 0 Å². The second-order valence-corrected chi connectivity index (χ2v) is 6.08. The van der Waals surface area contributed by atoms with E-state index in [2.05, 4.69) is 9.97 Å². The maximum absolute atomic E-state index is 13.5. The summed E-state index contributed by atoms with van der Waals surface area (Å²) in [5.41, 5.74) is 2.07. The molecule has 2 heterocycles. The van der Waals surface area contributed by atoms with E-state index < -0.39 is 11.6 Å². The van der Waals surface area contributed by atoms with Crippen molar-refractivity contribution in [2.24, 2.45) is 0 Å². The van der Waals surface area contributed by atoms with E-state index in [1.54, 1.807) is 24.4 Å². The number of halogens is 2. The number of carbonyl (C=O) groups excluding carboxylic acids is 1. The summed E-state index contributed by atoms with van der Waals surface area (Å²) >= 11 is 0. The molecule has 1 aromatic heterocycles. The number of fused-ring (bicyclic) bond motifs is 1. The Hall–Kier alpha value is -2.89. The van der Waals surface area contributed by atoms with Crippen molar-refractivity contribution in [2.75, 3.05) is 11.4 Å². The van der Waals surface area contributed by atoms with Crippen LogP contribution in [0.15, 0.2) is 42.6 Å². The van der Waals surface area contributed by atoms with Crippen LogP contribution in [0.4, 0.5) is 14.6 Å². The second kappa shape index (κ2) is 6.20. The molecule has 0 radical (unpaired) electrons. The van der Waals surface area contributed by atoms with Crippen LogP contribution in [-0.4, -0.2) is 22.3 Å². The van der Waals surface area contributed by atoms with Gasteiger partial charge in [-0.2, -0.15) is 0 Å². The molecule has 2 aliphatic rings. The Kier molecular flexibility index (Phi) is 3.87. The molecule has 0 saturated carbocycles. The number of anilines is 1. The third-order valence-corrected chi connectivity index (χ3v) is 4.46. The highest BCUT2D eigenvalue weighted by molar-refractivity contribution is 6.21. The summed E-state index contributed by atoms with van der Waals surface area (Å²) in [6.07, 6.45) is 7.91. The summed E-state index contributed by atoms with van der Waals surface area (Å²) in [4.78, 5) is 22.7. The van der Waals surface area contributed by atoms with Crippen molar-refractivity contribution in [3.63, 3.8) is 0 Å². The van der Waals surface area contributed by atoms with Gasteiger partial charge < -0.3 is 4.90 Å². The molecular formula is C19H15F2N3O. The molecule has 0 N–H and O–H groups in total. The fourth-order valence-corrected chi connectivity index (χ4v) is 3.14. The molecule has 0 fully saturated rings. The molecule has 1 aromatic carbocycles. The summed E-state index contributed by atoms with van der Waals surface area (Å²) in [5, 5.41) is 0. The number of aromatic nitrogens is 2.